The van der Waals surface area contributed by atoms with Gasteiger partial charge in [0.05, 0.1) is 34.1 Å². The first-order valence-electron chi connectivity index (χ1n) is 10.2. The standard InChI is InChI=1S/C24H19N7S/c1-31(2)15-11-14(12-25-13-15)17-8-9-19-22(26-17)23(30-29-19)24-27-18-6-3-5-16(21(18)28-24)20-7-4-10-32-20/h3-13H,1-2H3,(H,27,28)(H,29,30). The van der Waals surface area contributed by atoms with Gasteiger partial charge < -0.3 is 9.88 Å². The molecule has 0 fully saturated rings. The summed E-state index contributed by atoms with van der Waals surface area (Å²) in [4.78, 5) is 20.8. The molecule has 5 heterocycles. The van der Waals surface area contributed by atoms with Gasteiger partial charge in [0.15, 0.2) is 11.5 Å². The normalized spacial score (nSPS) is 11.4. The number of nitrogens with one attached hydrogen (secondary N) is 2. The molecule has 0 atom stereocenters. The van der Waals surface area contributed by atoms with Crippen molar-refractivity contribution in [3.8, 4) is 33.2 Å². The van der Waals surface area contributed by atoms with E-state index in [1.54, 1.807) is 11.3 Å². The summed E-state index contributed by atoms with van der Waals surface area (Å²) >= 11 is 1.71. The van der Waals surface area contributed by atoms with Gasteiger partial charge in [0, 0.05) is 36.3 Å². The number of para-hydroxylation sites is 1. The lowest BCUT2D eigenvalue weighted by molar-refractivity contribution is 1.10. The van der Waals surface area contributed by atoms with Gasteiger partial charge in [-0.25, -0.2) is 9.97 Å². The number of nitrogens with zero attached hydrogens (tertiary/aromatic N) is 5. The minimum atomic E-state index is 0.695. The van der Waals surface area contributed by atoms with Crippen LogP contribution in [-0.4, -0.2) is 44.2 Å². The molecule has 32 heavy (non-hydrogen) atoms. The maximum atomic E-state index is 4.91. The van der Waals surface area contributed by atoms with E-state index < -0.39 is 0 Å². The zero-order valence-corrected chi connectivity index (χ0v) is 18.3. The number of hydrogen-bond donors (Lipinski definition) is 2. The van der Waals surface area contributed by atoms with Gasteiger partial charge in [-0.3, -0.25) is 10.1 Å². The van der Waals surface area contributed by atoms with Crippen molar-refractivity contribution in [1.82, 2.24) is 30.1 Å². The van der Waals surface area contributed by atoms with E-state index in [9.17, 15) is 0 Å². The molecule has 2 N–H and O–H groups in total. The molecule has 0 radical (unpaired) electrons. The summed E-state index contributed by atoms with van der Waals surface area (Å²) in [6, 6.07) is 16.4. The largest absolute Gasteiger partial charge is 0.376 e. The van der Waals surface area contributed by atoms with Crippen LogP contribution < -0.4 is 4.90 Å². The first-order valence-corrected chi connectivity index (χ1v) is 11.1. The molecule has 7 nitrogen and oxygen atoms in total. The second kappa shape index (κ2) is 7.28. The first-order chi connectivity index (χ1) is 15.7. The van der Waals surface area contributed by atoms with Gasteiger partial charge in [0.2, 0.25) is 0 Å². The molecule has 1 aromatic carbocycles. The van der Waals surface area contributed by atoms with Crippen molar-refractivity contribution in [2.45, 2.75) is 0 Å². The second-order valence-corrected chi connectivity index (χ2v) is 8.70. The Morgan fingerprint density at radius 1 is 0.906 bits per heavy atom. The van der Waals surface area contributed by atoms with Gasteiger partial charge in [-0.15, -0.1) is 11.3 Å². The molecule has 0 spiro atoms. The Morgan fingerprint density at radius 2 is 1.84 bits per heavy atom. The van der Waals surface area contributed by atoms with Gasteiger partial charge in [-0.2, -0.15) is 5.10 Å². The molecule has 0 aliphatic carbocycles. The summed E-state index contributed by atoms with van der Waals surface area (Å²) in [5.74, 6) is 0.695. The third-order valence-corrected chi connectivity index (χ3v) is 6.37. The Kier molecular flexibility index (Phi) is 4.26. The van der Waals surface area contributed by atoms with E-state index in [1.807, 2.05) is 55.7 Å². The molecule has 6 aromatic rings. The maximum absolute atomic E-state index is 4.91. The highest BCUT2D eigenvalue weighted by molar-refractivity contribution is 7.13. The summed E-state index contributed by atoms with van der Waals surface area (Å²) < 4.78 is 0. The fourth-order valence-electron chi connectivity index (χ4n) is 3.81. The number of aromatic nitrogens is 6. The molecule has 0 amide bonds. The lowest BCUT2D eigenvalue weighted by Gasteiger charge is -2.12. The van der Waals surface area contributed by atoms with Gasteiger partial charge in [-0.1, -0.05) is 18.2 Å². The van der Waals surface area contributed by atoms with Crippen LogP contribution in [-0.2, 0) is 0 Å². The van der Waals surface area contributed by atoms with Crippen molar-refractivity contribution in [2.24, 2.45) is 0 Å². The Morgan fingerprint density at radius 3 is 2.69 bits per heavy atom. The third-order valence-electron chi connectivity index (χ3n) is 5.47. The summed E-state index contributed by atoms with van der Waals surface area (Å²) in [5, 5.41) is 9.70. The van der Waals surface area contributed by atoms with Crippen LogP contribution in [0.25, 0.3) is 55.3 Å². The smallest absolute Gasteiger partial charge is 0.161 e. The number of H-pyrrole nitrogens is 2. The van der Waals surface area contributed by atoms with E-state index in [1.165, 1.54) is 4.88 Å². The number of pyridine rings is 2. The summed E-state index contributed by atoms with van der Waals surface area (Å²) in [6.07, 6.45) is 3.67. The Hall–Kier alpha value is -4.04. The van der Waals surface area contributed by atoms with Crippen LogP contribution in [0, 0.1) is 0 Å². The second-order valence-electron chi connectivity index (χ2n) is 7.76. The zero-order chi connectivity index (χ0) is 21.7. The average Bonchev–Trinajstić information content (AvgIpc) is 3.57. The van der Waals surface area contributed by atoms with Crippen molar-refractivity contribution in [3.63, 3.8) is 0 Å². The predicted octanol–water partition coefficient (Wildman–Crippen LogP) is 5.36. The molecule has 0 aliphatic heterocycles. The van der Waals surface area contributed by atoms with E-state index in [0.29, 0.717) is 11.5 Å². The Balaban J connectivity index is 1.49. The Bertz CT molecular complexity index is 1560. The molecule has 6 rings (SSSR count). The van der Waals surface area contributed by atoms with Crippen LogP contribution >= 0.6 is 11.3 Å². The monoisotopic (exact) mass is 437 g/mol. The van der Waals surface area contributed by atoms with Gasteiger partial charge >= 0.3 is 0 Å². The third kappa shape index (κ3) is 3.04. The molecule has 0 bridgehead atoms. The molecular formula is C24H19N7S. The van der Waals surface area contributed by atoms with Gasteiger partial charge in [0.1, 0.15) is 5.52 Å². The van der Waals surface area contributed by atoms with Crippen molar-refractivity contribution in [3.05, 3.63) is 66.3 Å². The van der Waals surface area contributed by atoms with E-state index in [0.717, 1.165) is 44.6 Å². The number of aromatic amines is 2. The zero-order valence-electron chi connectivity index (χ0n) is 17.5. The van der Waals surface area contributed by atoms with E-state index in [2.05, 4.69) is 49.8 Å². The van der Waals surface area contributed by atoms with Gasteiger partial charge in [-0.05, 0) is 35.7 Å². The minimum absolute atomic E-state index is 0.695. The van der Waals surface area contributed by atoms with E-state index in [-0.39, 0.29) is 0 Å². The number of benzene rings is 1. The minimum Gasteiger partial charge on any atom is -0.376 e. The highest BCUT2D eigenvalue weighted by atomic mass is 32.1. The quantitative estimate of drug-likeness (QED) is 0.388. The van der Waals surface area contributed by atoms with Gasteiger partial charge in [0.25, 0.3) is 0 Å². The Labute approximate surface area is 187 Å². The molecule has 0 aliphatic rings. The van der Waals surface area contributed by atoms with Crippen molar-refractivity contribution in [2.75, 3.05) is 19.0 Å². The fourth-order valence-corrected chi connectivity index (χ4v) is 4.56. The highest BCUT2D eigenvalue weighted by Crippen LogP contribution is 2.33. The van der Waals surface area contributed by atoms with E-state index >= 15 is 0 Å². The predicted molar refractivity (Wildman–Crippen MR) is 130 cm³/mol. The summed E-state index contributed by atoms with van der Waals surface area (Å²) in [6.45, 7) is 0. The molecule has 0 saturated carbocycles. The van der Waals surface area contributed by atoms with Crippen LogP contribution in [0.2, 0.25) is 0 Å². The number of imidazole rings is 1. The molecule has 8 heteroatoms. The van der Waals surface area contributed by atoms with Crippen LogP contribution in [0.5, 0.6) is 0 Å². The molecule has 0 unspecified atom stereocenters. The average molecular weight is 438 g/mol. The molecule has 5 aromatic heterocycles. The number of hydrogen-bond acceptors (Lipinski definition) is 6. The van der Waals surface area contributed by atoms with Crippen LogP contribution in [0.1, 0.15) is 0 Å². The molecule has 156 valence electrons. The van der Waals surface area contributed by atoms with Crippen molar-refractivity contribution < 1.29 is 0 Å². The van der Waals surface area contributed by atoms with Crippen LogP contribution in [0.3, 0.4) is 0 Å². The number of thiophene rings is 1. The van der Waals surface area contributed by atoms with E-state index in [4.69, 9.17) is 9.97 Å². The number of anilines is 1. The van der Waals surface area contributed by atoms with Crippen molar-refractivity contribution >= 4 is 39.1 Å². The number of fused-ring (bicyclic) bond motifs is 2. The summed E-state index contributed by atoms with van der Waals surface area (Å²) in [5.41, 5.74) is 8.17. The maximum Gasteiger partial charge on any atom is 0.161 e. The topological polar surface area (TPSA) is 86.4 Å². The number of rotatable bonds is 4. The lowest BCUT2D eigenvalue weighted by Crippen LogP contribution is -2.08. The van der Waals surface area contributed by atoms with Crippen LogP contribution in [0.15, 0.2) is 66.3 Å². The fraction of sp³-hybridized carbons (Fsp3) is 0.0833. The lowest BCUT2D eigenvalue weighted by atomic mass is 10.1. The van der Waals surface area contributed by atoms with Crippen molar-refractivity contribution in [1.29, 1.82) is 0 Å². The molecule has 0 saturated heterocycles. The first kappa shape index (κ1) is 18.7. The SMILES string of the molecule is CN(C)c1cncc(-c2ccc3[nH]nc(-c4nc5c(-c6cccs6)cccc5[nH]4)c3n2)c1. The van der Waals surface area contributed by atoms with Crippen LogP contribution in [0.4, 0.5) is 5.69 Å². The summed E-state index contributed by atoms with van der Waals surface area (Å²) in [7, 11) is 4.00. The molecular weight excluding hydrogens is 418 g/mol. The highest BCUT2D eigenvalue weighted by Gasteiger charge is 2.17.